The van der Waals surface area contributed by atoms with Crippen molar-refractivity contribution in [2.24, 2.45) is 0 Å². The monoisotopic (exact) mass is 576 g/mol. The molecule has 1 heterocycles. The van der Waals surface area contributed by atoms with Crippen LogP contribution in [0.3, 0.4) is 0 Å². The van der Waals surface area contributed by atoms with E-state index < -0.39 is 0 Å². The number of piperidine rings is 1. The summed E-state index contributed by atoms with van der Waals surface area (Å²) in [7, 11) is 0. The largest absolute Gasteiger partial charge is 0.351 e. The molecule has 0 aromatic heterocycles. The lowest BCUT2D eigenvalue weighted by Gasteiger charge is -2.32. The van der Waals surface area contributed by atoms with Crippen LogP contribution in [0.5, 0.6) is 0 Å². The van der Waals surface area contributed by atoms with Crippen molar-refractivity contribution in [3.05, 3.63) is 82.9 Å². The first-order chi connectivity index (χ1) is 20.0. The Morgan fingerprint density at radius 1 is 0.927 bits per heavy atom. The lowest BCUT2D eigenvalue weighted by Crippen LogP contribution is -2.50. The van der Waals surface area contributed by atoms with Crippen molar-refractivity contribution in [3.8, 4) is 0 Å². The van der Waals surface area contributed by atoms with Crippen LogP contribution < -0.4 is 10.6 Å². The second-order valence-electron chi connectivity index (χ2n) is 11.1. The van der Waals surface area contributed by atoms with E-state index >= 15 is 0 Å². The smallest absolute Gasteiger partial charge is 0.251 e. The lowest BCUT2D eigenvalue weighted by atomic mass is 9.95. The number of hydrogen-bond acceptors (Lipinski definition) is 4. The highest BCUT2D eigenvalue weighted by atomic mass is 35.5. The molecule has 7 heteroatoms. The molecule has 4 rings (SSSR count). The van der Waals surface area contributed by atoms with Gasteiger partial charge < -0.3 is 20.4 Å². The topological polar surface area (TPSA) is 64.7 Å². The minimum absolute atomic E-state index is 0.122. The number of hydrogen-bond donors (Lipinski definition) is 2. The molecule has 0 unspecified atom stereocenters. The van der Waals surface area contributed by atoms with E-state index in [9.17, 15) is 9.59 Å². The van der Waals surface area contributed by atoms with Crippen LogP contribution in [-0.2, 0) is 4.79 Å². The van der Waals surface area contributed by atoms with Gasteiger partial charge in [0.05, 0.1) is 6.04 Å². The molecular weight excluding hydrogens is 532 g/mol. The third-order valence-electron chi connectivity index (χ3n) is 8.24. The average Bonchev–Trinajstić information content (AvgIpc) is 3.01. The third-order valence-corrected chi connectivity index (χ3v) is 8.48. The zero-order valence-corrected chi connectivity index (χ0v) is 25.3. The molecule has 0 spiro atoms. The number of amides is 2. The number of halogens is 1. The van der Waals surface area contributed by atoms with Crippen LogP contribution in [0.1, 0.15) is 67.8 Å². The second-order valence-corrected chi connectivity index (χ2v) is 11.5. The van der Waals surface area contributed by atoms with Crippen molar-refractivity contribution in [1.82, 2.24) is 20.4 Å². The molecule has 1 saturated heterocycles. The Labute approximate surface area is 250 Å². The summed E-state index contributed by atoms with van der Waals surface area (Å²) in [6, 6.07) is 21.5. The van der Waals surface area contributed by atoms with Gasteiger partial charge in [-0.05, 0) is 86.3 Å². The van der Waals surface area contributed by atoms with Gasteiger partial charge in [0, 0.05) is 49.2 Å². The highest BCUT2D eigenvalue weighted by Crippen LogP contribution is 2.22. The predicted octanol–water partition coefficient (Wildman–Crippen LogP) is 6.10. The maximum Gasteiger partial charge on any atom is 0.251 e. The first kappa shape index (κ1) is 31.0. The summed E-state index contributed by atoms with van der Waals surface area (Å²) in [5, 5.41) is 9.18. The quantitative estimate of drug-likeness (QED) is 0.228. The van der Waals surface area contributed by atoms with Crippen molar-refractivity contribution >= 4 is 34.2 Å². The van der Waals surface area contributed by atoms with Gasteiger partial charge in [0.1, 0.15) is 0 Å². The molecule has 3 aromatic rings. The molecule has 2 amide bonds. The van der Waals surface area contributed by atoms with E-state index in [-0.39, 0.29) is 17.9 Å². The molecule has 1 fully saturated rings. The molecule has 2 atom stereocenters. The minimum atomic E-state index is -0.285. The molecule has 41 heavy (non-hydrogen) atoms. The number of nitrogens with one attached hydrogen (secondary N) is 2. The van der Waals surface area contributed by atoms with Crippen LogP contribution in [0.25, 0.3) is 10.8 Å². The lowest BCUT2D eigenvalue weighted by molar-refractivity contribution is -0.133. The zero-order chi connectivity index (χ0) is 29.0. The van der Waals surface area contributed by atoms with Gasteiger partial charge in [0.25, 0.3) is 5.91 Å². The van der Waals surface area contributed by atoms with Gasteiger partial charge in [0.15, 0.2) is 0 Å². The molecule has 0 saturated carbocycles. The summed E-state index contributed by atoms with van der Waals surface area (Å²) in [5.74, 6) is 0.335. The predicted molar refractivity (Wildman–Crippen MR) is 170 cm³/mol. The standard InChI is InChI=1S/C34H45ClN4O2/c1-3-26(27-11-7-5-8-12-27)25-39(4-2)34(41)32(17-22-38-20-9-6-10-21-38)36-18-19-37-33(40)30-14-13-29-24-31(35)16-15-28(29)23-30/h5,7-8,11-16,23-24,26,32,36H,3-4,6,9-10,17-22,25H2,1-2H3,(H,37,40)/t26-,32-/m0/s1. The Morgan fingerprint density at radius 3 is 2.39 bits per heavy atom. The molecule has 220 valence electrons. The van der Waals surface area contributed by atoms with E-state index in [0.717, 1.165) is 43.2 Å². The fraction of sp³-hybridized carbons (Fsp3) is 0.471. The van der Waals surface area contributed by atoms with E-state index in [1.807, 2.05) is 47.4 Å². The van der Waals surface area contributed by atoms with E-state index in [1.165, 1.54) is 24.8 Å². The Morgan fingerprint density at radius 2 is 1.66 bits per heavy atom. The first-order valence-electron chi connectivity index (χ1n) is 15.3. The van der Waals surface area contributed by atoms with Crippen LogP contribution >= 0.6 is 11.6 Å². The zero-order valence-electron chi connectivity index (χ0n) is 24.6. The number of fused-ring (bicyclic) bond motifs is 1. The van der Waals surface area contributed by atoms with E-state index in [2.05, 4.69) is 53.6 Å². The molecule has 6 nitrogen and oxygen atoms in total. The Bertz CT molecular complexity index is 1260. The van der Waals surface area contributed by atoms with Crippen molar-refractivity contribution in [3.63, 3.8) is 0 Å². The number of carbonyl (C=O) groups is 2. The molecule has 1 aliphatic rings. The van der Waals surface area contributed by atoms with Gasteiger partial charge in [-0.3, -0.25) is 9.59 Å². The average molecular weight is 577 g/mol. The number of nitrogens with zero attached hydrogens (tertiary/aromatic N) is 2. The van der Waals surface area contributed by atoms with Gasteiger partial charge in [-0.2, -0.15) is 0 Å². The Hall–Kier alpha value is -2.93. The number of likely N-dealkylation sites (N-methyl/N-ethyl adjacent to an activating group) is 1. The van der Waals surface area contributed by atoms with Crippen molar-refractivity contribution in [2.75, 3.05) is 45.8 Å². The highest BCUT2D eigenvalue weighted by Gasteiger charge is 2.26. The van der Waals surface area contributed by atoms with E-state index in [0.29, 0.717) is 42.7 Å². The maximum absolute atomic E-state index is 13.9. The van der Waals surface area contributed by atoms with Gasteiger partial charge in [-0.15, -0.1) is 0 Å². The fourth-order valence-corrected chi connectivity index (χ4v) is 5.93. The van der Waals surface area contributed by atoms with Crippen LogP contribution in [-0.4, -0.2) is 73.5 Å². The Balaban J connectivity index is 1.36. The summed E-state index contributed by atoms with van der Waals surface area (Å²) >= 11 is 6.09. The second kappa shape index (κ2) is 15.9. The van der Waals surface area contributed by atoms with E-state index in [4.69, 9.17) is 11.6 Å². The van der Waals surface area contributed by atoms with Gasteiger partial charge in [-0.25, -0.2) is 0 Å². The minimum Gasteiger partial charge on any atom is -0.351 e. The summed E-state index contributed by atoms with van der Waals surface area (Å²) in [6.07, 6.45) is 5.50. The van der Waals surface area contributed by atoms with Crippen molar-refractivity contribution < 1.29 is 9.59 Å². The van der Waals surface area contributed by atoms with Crippen molar-refractivity contribution in [2.45, 2.75) is 57.9 Å². The molecule has 0 bridgehead atoms. The summed E-state index contributed by atoms with van der Waals surface area (Å²) in [6.45, 7) is 9.73. The highest BCUT2D eigenvalue weighted by molar-refractivity contribution is 6.31. The van der Waals surface area contributed by atoms with Crippen molar-refractivity contribution in [1.29, 1.82) is 0 Å². The molecule has 2 N–H and O–H groups in total. The summed E-state index contributed by atoms with van der Waals surface area (Å²) in [5.41, 5.74) is 1.89. The van der Waals surface area contributed by atoms with Crippen LogP contribution in [0.15, 0.2) is 66.7 Å². The number of likely N-dealkylation sites (tertiary alicyclic amines) is 1. The molecular formula is C34H45ClN4O2. The third kappa shape index (κ3) is 9.03. The van der Waals surface area contributed by atoms with Crippen LogP contribution in [0, 0.1) is 0 Å². The molecule has 1 aliphatic heterocycles. The summed E-state index contributed by atoms with van der Waals surface area (Å²) in [4.78, 5) is 31.2. The molecule has 0 aliphatic carbocycles. The maximum atomic E-state index is 13.9. The van der Waals surface area contributed by atoms with Crippen LogP contribution in [0.2, 0.25) is 5.02 Å². The number of rotatable bonds is 14. The SMILES string of the molecule is CC[C@@H](CN(CC)C(=O)[C@H](CCN1CCCCC1)NCCNC(=O)c1ccc2cc(Cl)ccc2c1)c1ccccc1. The summed E-state index contributed by atoms with van der Waals surface area (Å²) < 4.78 is 0. The molecule has 3 aromatic carbocycles. The van der Waals surface area contributed by atoms with Gasteiger partial charge in [-0.1, -0.05) is 67.4 Å². The van der Waals surface area contributed by atoms with Crippen LogP contribution in [0.4, 0.5) is 0 Å². The van der Waals surface area contributed by atoms with Gasteiger partial charge >= 0.3 is 0 Å². The van der Waals surface area contributed by atoms with Gasteiger partial charge in [0.2, 0.25) is 5.91 Å². The molecule has 0 radical (unpaired) electrons. The Kier molecular flexibility index (Phi) is 12.0. The van der Waals surface area contributed by atoms with E-state index in [1.54, 1.807) is 0 Å². The normalized spacial score (nSPS) is 15.4. The number of benzene rings is 3. The first-order valence-corrected chi connectivity index (χ1v) is 15.6. The number of carbonyl (C=O) groups excluding carboxylic acids is 2. The fourth-order valence-electron chi connectivity index (χ4n) is 5.75.